The van der Waals surface area contributed by atoms with Gasteiger partial charge >= 0.3 is 6.18 Å². The number of hydrogen-bond donors (Lipinski definition) is 1. The third-order valence-corrected chi connectivity index (χ3v) is 7.37. The number of aliphatic hydroxyl groups excluding tert-OH is 1. The minimum atomic E-state index is -4.64. The number of piperidine rings is 1. The predicted octanol–water partition coefficient (Wildman–Crippen LogP) is 3.77. The second-order valence-electron chi connectivity index (χ2n) is 9.40. The Hall–Kier alpha value is -2.42. The fourth-order valence-corrected chi connectivity index (χ4v) is 5.68. The maximum Gasteiger partial charge on any atom is 0.451 e. The Kier molecular flexibility index (Phi) is 5.27. The number of rotatable bonds is 2. The average molecular weight is 448 g/mol. The fourth-order valence-electron chi connectivity index (χ4n) is 5.68. The molecule has 1 amide bonds. The van der Waals surface area contributed by atoms with Crippen LogP contribution in [0.4, 0.5) is 19.0 Å². The maximum absolute atomic E-state index is 13.6. The zero-order chi connectivity index (χ0) is 22.5. The Labute approximate surface area is 184 Å². The van der Waals surface area contributed by atoms with Gasteiger partial charge in [0.2, 0.25) is 11.7 Å². The molecule has 2 aromatic rings. The second kappa shape index (κ2) is 7.86. The Morgan fingerprint density at radius 3 is 2.53 bits per heavy atom. The summed E-state index contributed by atoms with van der Waals surface area (Å²) < 4.78 is 40.4. The third-order valence-electron chi connectivity index (χ3n) is 7.37. The van der Waals surface area contributed by atoms with Crippen LogP contribution in [0.2, 0.25) is 0 Å². The first-order valence-corrected chi connectivity index (χ1v) is 11.3. The zero-order valence-corrected chi connectivity index (χ0v) is 17.8. The highest BCUT2D eigenvalue weighted by Gasteiger charge is 2.51. The number of nitrogens with zero attached hydrogens (tertiary/aromatic N) is 4. The number of likely N-dealkylation sites (tertiary alicyclic amines) is 1. The van der Waals surface area contributed by atoms with Crippen LogP contribution >= 0.6 is 0 Å². The molecule has 32 heavy (non-hydrogen) atoms. The fraction of sp³-hybridized carbons (Fsp3) is 0.609. The molecule has 1 saturated carbocycles. The summed E-state index contributed by atoms with van der Waals surface area (Å²) in [6, 6.07) is 6.88. The number of aliphatic hydroxyl groups is 1. The summed E-state index contributed by atoms with van der Waals surface area (Å²) in [4.78, 5) is 25.0. The van der Waals surface area contributed by atoms with Crippen LogP contribution in [0.15, 0.2) is 24.3 Å². The van der Waals surface area contributed by atoms with E-state index in [1.165, 1.54) is 0 Å². The first-order valence-electron chi connectivity index (χ1n) is 11.3. The molecule has 172 valence electrons. The van der Waals surface area contributed by atoms with Gasteiger partial charge in [-0.3, -0.25) is 4.79 Å². The quantitative estimate of drug-likeness (QED) is 0.758. The molecule has 1 aromatic heterocycles. The summed E-state index contributed by atoms with van der Waals surface area (Å²) >= 11 is 0. The van der Waals surface area contributed by atoms with Gasteiger partial charge in [0.1, 0.15) is 5.82 Å². The maximum atomic E-state index is 13.6. The molecule has 9 heteroatoms. The van der Waals surface area contributed by atoms with Crippen molar-refractivity contribution in [1.82, 2.24) is 14.9 Å². The molecular weight excluding hydrogens is 421 g/mol. The van der Waals surface area contributed by atoms with Crippen molar-refractivity contribution in [2.75, 3.05) is 24.5 Å². The summed E-state index contributed by atoms with van der Waals surface area (Å²) in [7, 11) is 0. The van der Waals surface area contributed by atoms with Gasteiger partial charge < -0.3 is 14.9 Å². The van der Waals surface area contributed by atoms with Gasteiger partial charge in [-0.1, -0.05) is 12.1 Å². The standard InChI is InChI=1S/C23H27F3N4O2/c24-23(25,26)20-27-18-5-2-1-4-17(18)19(28-20)29-12-3-10-22(14-29)11-13-30(21(22)32)15-6-8-16(31)9-7-15/h1-2,4-5,15-16,31H,3,6-14H2/t15-,16-,22?. The van der Waals surface area contributed by atoms with Crippen LogP contribution in [0.25, 0.3) is 10.9 Å². The molecule has 0 radical (unpaired) electrons. The van der Waals surface area contributed by atoms with Gasteiger partial charge in [0.05, 0.1) is 17.0 Å². The smallest absolute Gasteiger partial charge is 0.393 e. The lowest BCUT2D eigenvalue weighted by atomic mass is 9.78. The van der Waals surface area contributed by atoms with Crippen LogP contribution in [0.1, 0.15) is 50.8 Å². The molecule has 2 saturated heterocycles. The van der Waals surface area contributed by atoms with Crippen LogP contribution in [0, 0.1) is 5.41 Å². The van der Waals surface area contributed by atoms with Crippen molar-refractivity contribution >= 4 is 22.6 Å². The van der Waals surface area contributed by atoms with E-state index in [1.54, 1.807) is 24.3 Å². The van der Waals surface area contributed by atoms with E-state index in [2.05, 4.69) is 9.97 Å². The minimum Gasteiger partial charge on any atom is -0.393 e. The highest BCUT2D eigenvalue weighted by atomic mass is 19.4. The van der Waals surface area contributed by atoms with Crippen LogP contribution in [-0.4, -0.2) is 57.7 Å². The van der Waals surface area contributed by atoms with Crippen molar-refractivity contribution in [1.29, 1.82) is 0 Å². The van der Waals surface area contributed by atoms with Crippen molar-refractivity contribution in [3.8, 4) is 0 Å². The monoisotopic (exact) mass is 448 g/mol. The first kappa shape index (κ1) is 21.4. The summed E-state index contributed by atoms with van der Waals surface area (Å²) in [5.74, 6) is -0.780. The molecule has 1 spiro atoms. The Balaban J connectivity index is 1.45. The van der Waals surface area contributed by atoms with E-state index in [1.807, 2.05) is 9.80 Å². The molecule has 3 fully saturated rings. The van der Waals surface area contributed by atoms with E-state index in [9.17, 15) is 23.1 Å². The van der Waals surface area contributed by atoms with Gasteiger partial charge in [-0.15, -0.1) is 0 Å². The first-order chi connectivity index (χ1) is 15.3. The number of benzene rings is 1. The Bertz CT molecular complexity index is 1020. The van der Waals surface area contributed by atoms with Gasteiger partial charge in [-0.2, -0.15) is 13.2 Å². The van der Waals surface area contributed by atoms with E-state index in [-0.39, 0.29) is 29.4 Å². The highest BCUT2D eigenvalue weighted by Crippen LogP contribution is 2.44. The summed E-state index contributed by atoms with van der Waals surface area (Å²) in [6.45, 7) is 1.60. The van der Waals surface area contributed by atoms with Gasteiger partial charge in [-0.25, -0.2) is 9.97 Å². The number of fused-ring (bicyclic) bond motifs is 1. The molecule has 1 aliphatic carbocycles. The molecule has 0 bridgehead atoms. The molecule has 1 N–H and O–H groups in total. The largest absolute Gasteiger partial charge is 0.451 e. The van der Waals surface area contributed by atoms with Gasteiger partial charge in [0.15, 0.2) is 0 Å². The van der Waals surface area contributed by atoms with Crippen molar-refractivity contribution in [3.05, 3.63) is 30.1 Å². The third kappa shape index (κ3) is 3.70. The number of para-hydroxylation sites is 1. The van der Waals surface area contributed by atoms with E-state index >= 15 is 0 Å². The van der Waals surface area contributed by atoms with Crippen molar-refractivity contribution in [2.45, 2.75) is 63.3 Å². The molecule has 3 heterocycles. The second-order valence-corrected chi connectivity index (χ2v) is 9.40. The number of anilines is 1. The topological polar surface area (TPSA) is 69.6 Å². The van der Waals surface area contributed by atoms with Crippen LogP contribution in [-0.2, 0) is 11.0 Å². The summed E-state index contributed by atoms with van der Waals surface area (Å²) in [6.07, 6.45) is 0.273. The van der Waals surface area contributed by atoms with Crippen LogP contribution < -0.4 is 4.90 Å². The van der Waals surface area contributed by atoms with Crippen molar-refractivity contribution in [2.24, 2.45) is 5.41 Å². The number of hydrogen-bond acceptors (Lipinski definition) is 5. The molecule has 3 aliphatic rings. The van der Waals surface area contributed by atoms with Crippen LogP contribution in [0.3, 0.4) is 0 Å². The highest BCUT2D eigenvalue weighted by molar-refractivity contribution is 5.91. The number of carbonyl (C=O) groups excluding carboxylic acids is 1. The van der Waals surface area contributed by atoms with Gasteiger partial charge in [-0.05, 0) is 57.1 Å². The number of halogens is 3. The van der Waals surface area contributed by atoms with Crippen LogP contribution in [0.5, 0.6) is 0 Å². The minimum absolute atomic E-state index is 0.109. The molecule has 1 atom stereocenters. The molecule has 1 unspecified atom stereocenters. The number of aromatic nitrogens is 2. The molecule has 2 aliphatic heterocycles. The number of amides is 1. The summed E-state index contributed by atoms with van der Waals surface area (Å²) in [5, 5.41) is 10.4. The van der Waals surface area contributed by atoms with Crippen molar-refractivity contribution < 1.29 is 23.1 Å². The molecule has 5 rings (SSSR count). The Morgan fingerprint density at radius 2 is 1.78 bits per heavy atom. The molecular formula is C23H27F3N4O2. The lowest BCUT2D eigenvalue weighted by molar-refractivity contribution is -0.144. The Morgan fingerprint density at radius 1 is 1.03 bits per heavy atom. The molecule has 1 aromatic carbocycles. The SMILES string of the molecule is O=C1N([C@H]2CC[C@H](O)CC2)CCC12CCCN(c1nc(C(F)(F)F)nc3ccccc13)C2. The van der Waals surface area contributed by atoms with E-state index in [4.69, 9.17) is 0 Å². The van der Waals surface area contributed by atoms with Gasteiger partial charge in [0, 0.05) is 31.1 Å². The summed E-state index contributed by atoms with van der Waals surface area (Å²) in [5.41, 5.74) is -0.330. The number of alkyl halides is 3. The lowest BCUT2D eigenvalue weighted by Crippen LogP contribution is -2.50. The van der Waals surface area contributed by atoms with Crippen molar-refractivity contribution in [3.63, 3.8) is 0 Å². The molecule has 6 nitrogen and oxygen atoms in total. The van der Waals surface area contributed by atoms with Gasteiger partial charge in [0.25, 0.3) is 0 Å². The average Bonchev–Trinajstić information content (AvgIpc) is 3.08. The lowest BCUT2D eigenvalue weighted by Gasteiger charge is -2.41. The number of carbonyl (C=O) groups is 1. The zero-order valence-electron chi connectivity index (χ0n) is 17.8. The van der Waals surface area contributed by atoms with E-state index in [0.29, 0.717) is 44.3 Å². The predicted molar refractivity (Wildman–Crippen MR) is 113 cm³/mol. The van der Waals surface area contributed by atoms with E-state index < -0.39 is 17.4 Å². The van der Waals surface area contributed by atoms with E-state index in [0.717, 1.165) is 25.7 Å². The normalized spacial score (nSPS) is 29.3.